The number of halogens is 1. The fourth-order valence-electron chi connectivity index (χ4n) is 0.837. The smallest absolute Gasteiger partial charge is 0.252 e. The van der Waals surface area contributed by atoms with Crippen molar-refractivity contribution in [3.8, 4) is 5.75 Å². The zero-order valence-electron chi connectivity index (χ0n) is 7.00. The molecule has 2 nitrogen and oxygen atoms in total. The zero-order valence-corrected chi connectivity index (χ0v) is 7.75. The molecule has 13 heavy (non-hydrogen) atoms. The van der Waals surface area contributed by atoms with Crippen molar-refractivity contribution < 1.29 is 9.53 Å². The van der Waals surface area contributed by atoms with E-state index in [0.717, 1.165) is 0 Å². The highest BCUT2D eigenvalue weighted by Crippen LogP contribution is 2.13. The third-order valence-corrected chi connectivity index (χ3v) is 1.67. The summed E-state index contributed by atoms with van der Waals surface area (Å²) in [5, 5.41) is -0.463. The third-order valence-electron chi connectivity index (χ3n) is 1.45. The standard InChI is InChI=1S/C10H9ClO2/c1-2-7-13-9-5-3-8(4-6-9)10(11)12/h2-6H,1,7H2. The number of ether oxygens (including phenoxy) is 1. The quantitative estimate of drug-likeness (QED) is 0.547. The molecule has 1 aromatic carbocycles. The third kappa shape index (κ3) is 2.92. The van der Waals surface area contributed by atoms with E-state index >= 15 is 0 Å². The summed E-state index contributed by atoms with van der Waals surface area (Å²) < 4.78 is 5.22. The molecule has 0 N–H and O–H groups in total. The van der Waals surface area contributed by atoms with E-state index in [2.05, 4.69) is 6.58 Å². The van der Waals surface area contributed by atoms with Crippen LogP contribution in [0.5, 0.6) is 5.75 Å². The van der Waals surface area contributed by atoms with E-state index < -0.39 is 5.24 Å². The van der Waals surface area contributed by atoms with Gasteiger partial charge < -0.3 is 4.74 Å². The molecule has 0 aliphatic rings. The van der Waals surface area contributed by atoms with Crippen LogP contribution in [0.25, 0.3) is 0 Å². The molecule has 0 unspecified atom stereocenters. The first-order chi connectivity index (χ1) is 6.24. The molecule has 0 amide bonds. The Kier molecular flexibility index (Phi) is 3.53. The van der Waals surface area contributed by atoms with Crippen LogP contribution < -0.4 is 4.74 Å². The minimum Gasteiger partial charge on any atom is -0.490 e. The molecule has 0 spiro atoms. The van der Waals surface area contributed by atoms with Crippen LogP contribution in [0.3, 0.4) is 0 Å². The van der Waals surface area contributed by atoms with E-state index in [4.69, 9.17) is 16.3 Å². The lowest BCUT2D eigenvalue weighted by Crippen LogP contribution is -1.93. The molecule has 0 heterocycles. The number of hydrogen-bond donors (Lipinski definition) is 0. The molecule has 0 bridgehead atoms. The van der Waals surface area contributed by atoms with Gasteiger partial charge in [-0.1, -0.05) is 12.7 Å². The van der Waals surface area contributed by atoms with Crippen molar-refractivity contribution >= 4 is 16.8 Å². The first kappa shape index (κ1) is 9.81. The van der Waals surface area contributed by atoms with Gasteiger partial charge in [-0.3, -0.25) is 4.79 Å². The molecule has 1 rings (SSSR count). The van der Waals surface area contributed by atoms with Crippen molar-refractivity contribution in [3.05, 3.63) is 42.5 Å². The van der Waals surface area contributed by atoms with Gasteiger partial charge in [-0.05, 0) is 35.9 Å². The normalized spacial score (nSPS) is 9.31. The van der Waals surface area contributed by atoms with E-state index in [0.29, 0.717) is 17.9 Å². The Morgan fingerprint density at radius 1 is 1.46 bits per heavy atom. The number of carbonyl (C=O) groups is 1. The van der Waals surface area contributed by atoms with Crippen LogP contribution in [0.1, 0.15) is 10.4 Å². The van der Waals surface area contributed by atoms with E-state index in [-0.39, 0.29) is 0 Å². The lowest BCUT2D eigenvalue weighted by Gasteiger charge is -2.02. The number of hydrogen-bond acceptors (Lipinski definition) is 2. The number of rotatable bonds is 4. The van der Waals surface area contributed by atoms with Crippen LogP contribution in [-0.2, 0) is 0 Å². The van der Waals surface area contributed by atoms with Crippen molar-refractivity contribution in [2.45, 2.75) is 0 Å². The maximum Gasteiger partial charge on any atom is 0.252 e. The van der Waals surface area contributed by atoms with Gasteiger partial charge in [0.25, 0.3) is 5.24 Å². The summed E-state index contributed by atoms with van der Waals surface area (Å²) in [5.74, 6) is 0.696. The maximum absolute atomic E-state index is 10.7. The highest BCUT2D eigenvalue weighted by atomic mass is 35.5. The van der Waals surface area contributed by atoms with Crippen molar-refractivity contribution in [2.24, 2.45) is 0 Å². The van der Waals surface area contributed by atoms with Gasteiger partial charge in [-0.25, -0.2) is 0 Å². The molecule has 0 saturated heterocycles. The summed E-state index contributed by atoms with van der Waals surface area (Å²) in [5.41, 5.74) is 0.465. The number of carbonyl (C=O) groups excluding carboxylic acids is 1. The van der Waals surface area contributed by atoms with Gasteiger partial charge in [0.15, 0.2) is 0 Å². The second-order valence-corrected chi connectivity index (χ2v) is 2.74. The molecular weight excluding hydrogens is 188 g/mol. The molecule has 0 aliphatic heterocycles. The maximum atomic E-state index is 10.7. The second kappa shape index (κ2) is 4.67. The molecule has 0 fully saturated rings. The van der Waals surface area contributed by atoms with Gasteiger partial charge in [0.2, 0.25) is 0 Å². The fraction of sp³-hybridized carbons (Fsp3) is 0.100. The first-order valence-electron chi connectivity index (χ1n) is 3.77. The predicted octanol–water partition coefficient (Wildman–Crippen LogP) is 2.63. The minimum absolute atomic E-state index is 0.453. The van der Waals surface area contributed by atoms with E-state index in [1.54, 1.807) is 30.3 Å². The molecule has 68 valence electrons. The van der Waals surface area contributed by atoms with E-state index in [1.807, 2.05) is 0 Å². The molecule has 0 aromatic heterocycles. The molecule has 0 aliphatic carbocycles. The van der Waals surface area contributed by atoms with Gasteiger partial charge >= 0.3 is 0 Å². The minimum atomic E-state index is -0.463. The highest BCUT2D eigenvalue weighted by Gasteiger charge is 2.00. The van der Waals surface area contributed by atoms with Crippen LogP contribution in [0.4, 0.5) is 0 Å². The van der Waals surface area contributed by atoms with Crippen molar-refractivity contribution in [1.29, 1.82) is 0 Å². The van der Waals surface area contributed by atoms with E-state index in [9.17, 15) is 4.79 Å². The lowest BCUT2D eigenvalue weighted by molar-refractivity contribution is 0.108. The average Bonchev–Trinajstić information content (AvgIpc) is 2.15. The van der Waals surface area contributed by atoms with Crippen LogP contribution in [0, 0.1) is 0 Å². The molecular formula is C10H9ClO2. The van der Waals surface area contributed by atoms with Crippen LogP contribution >= 0.6 is 11.6 Å². The largest absolute Gasteiger partial charge is 0.490 e. The topological polar surface area (TPSA) is 26.3 Å². The predicted molar refractivity (Wildman–Crippen MR) is 52.3 cm³/mol. The highest BCUT2D eigenvalue weighted by molar-refractivity contribution is 6.67. The van der Waals surface area contributed by atoms with Crippen molar-refractivity contribution in [3.63, 3.8) is 0 Å². The van der Waals surface area contributed by atoms with Gasteiger partial charge in [0, 0.05) is 5.56 Å². The van der Waals surface area contributed by atoms with Crippen LogP contribution in [0.15, 0.2) is 36.9 Å². The van der Waals surface area contributed by atoms with Gasteiger partial charge in [0.1, 0.15) is 12.4 Å². The van der Waals surface area contributed by atoms with Crippen LogP contribution in [-0.4, -0.2) is 11.8 Å². The Morgan fingerprint density at radius 2 is 2.08 bits per heavy atom. The average molecular weight is 197 g/mol. The molecule has 3 heteroatoms. The lowest BCUT2D eigenvalue weighted by atomic mass is 10.2. The van der Waals surface area contributed by atoms with Crippen molar-refractivity contribution in [2.75, 3.05) is 6.61 Å². The summed E-state index contributed by atoms with van der Waals surface area (Å²) >= 11 is 5.26. The number of benzene rings is 1. The Labute approximate surface area is 81.8 Å². The summed E-state index contributed by atoms with van der Waals surface area (Å²) in [6.07, 6.45) is 1.65. The molecule has 0 saturated carbocycles. The van der Waals surface area contributed by atoms with Crippen molar-refractivity contribution in [1.82, 2.24) is 0 Å². The monoisotopic (exact) mass is 196 g/mol. The summed E-state index contributed by atoms with van der Waals surface area (Å²) in [7, 11) is 0. The van der Waals surface area contributed by atoms with Gasteiger partial charge in [0.05, 0.1) is 0 Å². The zero-order chi connectivity index (χ0) is 9.68. The summed E-state index contributed by atoms with van der Waals surface area (Å²) in [6, 6.07) is 6.62. The first-order valence-corrected chi connectivity index (χ1v) is 4.15. The Morgan fingerprint density at radius 3 is 2.54 bits per heavy atom. The Bertz CT molecular complexity index is 303. The second-order valence-electron chi connectivity index (χ2n) is 2.40. The van der Waals surface area contributed by atoms with Gasteiger partial charge in [-0.15, -0.1) is 0 Å². The van der Waals surface area contributed by atoms with E-state index in [1.165, 1.54) is 0 Å². The van der Waals surface area contributed by atoms with Gasteiger partial charge in [-0.2, -0.15) is 0 Å². The SMILES string of the molecule is C=CCOc1ccc(C(=O)Cl)cc1. The fourth-order valence-corrected chi connectivity index (χ4v) is 0.963. The Hall–Kier alpha value is -1.28. The summed E-state index contributed by atoms with van der Waals surface area (Å²) in [6.45, 7) is 3.97. The van der Waals surface area contributed by atoms with Crippen LogP contribution in [0.2, 0.25) is 0 Å². The molecule has 0 atom stereocenters. The summed E-state index contributed by atoms with van der Waals surface area (Å²) in [4.78, 5) is 10.7. The molecule has 1 aromatic rings. The Balaban J connectivity index is 2.69. The molecule has 0 radical (unpaired) electrons.